The molecule has 4 N–H and O–H groups in total. The second-order valence-electron chi connectivity index (χ2n) is 6.15. The molecule has 1 aromatic heterocycles. The molecule has 30 heavy (non-hydrogen) atoms. The minimum absolute atomic E-state index is 0.0754. The number of phenolic OH excluding ortho intramolecular Hbond substituents is 4. The number of phenols is 4. The smallest absolute Gasteiger partial charge is 0.239 e. The summed E-state index contributed by atoms with van der Waals surface area (Å²) in [6, 6.07) is 3.83. The van der Waals surface area contributed by atoms with Gasteiger partial charge in [0.05, 0.1) is 19.8 Å². The van der Waals surface area contributed by atoms with Gasteiger partial charge in [0.15, 0.2) is 28.6 Å². The molecule has 0 aliphatic rings. The van der Waals surface area contributed by atoms with Gasteiger partial charge in [0.2, 0.25) is 28.4 Å². The van der Waals surface area contributed by atoms with Crippen molar-refractivity contribution >= 4 is 11.0 Å². The van der Waals surface area contributed by atoms with Gasteiger partial charge in [-0.15, -0.1) is 0 Å². The van der Waals surface area contributed by atoms with E-state index in [0.29, 0.717) is 0 Å². The van der Waals surface area contributed by atoms with E-state index < -0.39 is 22.7 Å². The Bertz CT molecular complexity index is 1150. The van der Waals surface area contributed by atoms with Crippen molar-refractivity contribution in [3.8, 4) is 51.6 Å². The first-order chi connectivity index (χ1) is 14.3. The summed E-state index contributed by atoms with van der Waals surface area (Å²) in [7, 11) is 0. The van der Waals surface area contributed by atoms with Crippen LogP contribution in [-0.2, 0) is 0 Å². The van der Waals surface area contributed by atoms with Gasteiger partial charge in [-0.3, -0.25) is 4.79 Å². The van der Waals surface area contributed by atoms with Gasteiger partial charge in [0.25, 0.3) is 0 Å². The molecule has 0 bridgehead atoms. The van der Waals surface area contributed by atoms with Crippen LogP contribution in [0.25, 0.3) is 22.3 Å². The molecule has 9 heteroatoms. The van der Waals surface area contributed by atoms with Crippen molar-refractivity contribution in [3.63, 3.8) is 0 Å². The lowest BCUT2D eigenvalue weighted by molar-refractivity contribution is 0.277. The summed E-state index contributed by atoms with van der Waals surface area (Å²) < 4.78 is 22.1. The summed E-state index contributed by atoms with van der Waals surface area (Å²) in [5, 5.41) is 40.4. The van der Waals surface area contributed by atoms with Crippen LogP contribution in [0.3, 0.4) is 0 Å². The first-order valence-corrected chi connectivity index (χ1v) is 9.34. The molecular weight excluding hydrogens is 396 g/mol. The first kappa shape index (κ1) is 21.0. The minimum atomic E-state index is -0.722. The van der Waals surface area contributed by atoms with Crippen molar-refractivity contribution in [1.29, 1.82) is 0 Å². The fraction of sp³-hybridized carbons (Fsp3) is 0.286. The monoisotopic (exact) mass is 418 g/mol. The normalized spacial score (nSPS) is 10.9. The molecule has 0 fully saturated rings. The molecule has 160 valence electrons. The zero-order chi connectivity index (χ0) is 22.0. The van der Waals surface area contributed by atoms with E-state index in [-0.39, 0.29) is 65.1 Å². The third-order valence-corrected chi connectivity index (χ3v) is 4.26. The molecule has 0 aliphatic heterocycles. The lowest BCUT2D eigenvalue weighted by Crippen LogP contribution is -2.11. The quantitative estimate of drug-likeness (QED) is 0.425. The van der Waals surface area contributed by atoms with Gasteiger partial charge >= 0.3 is 0 Å². The van der Waals surface area contributed by atoms with Crippen LogP contribution in [0.15, 0.2) is 27.4 Å². The molecule has 2 aromatic carbocycles. The number of ether oxygens (including phenoxy) is 3. The molecule has 0 unspecified atom stereocenters. The van der Waals surface area contributed by atoms with Crippen LogP contribution < -0.4 is 19.6 Å². The summed E-state index contributed by atoms with van der Waals surface area (Å²) in [4.78, 5) is 13.3. The predicted octanol–water partition coefficient (Wildman–Crippen LogP) is 3.48. The SMILES string of the molecule is CCOc1c(O)c(OCC)c2oc(-c3ccc(O)c(O)c3)c(OCC)c(=O)c2c1O. The molecule has 0 saturated carbocycles. The van der Waals surface area contributed by atoms with Crippen LogP contribution in [0.1, 0.15) is 20.8 Å². The number of hydrogen-bond donors (Lipinski definition) is 4. The van der Waals surface area contributed by atoms with Crippen molar-refractivity contribution in [3.05, 3.63) is 28.4 Å². The van der Waals surface area contributed by atoms with Gasteiger partial charge < -0.3 is 39.1 Å². The molecule has 3 rings (SSSR count). The van der Waals surface area contributed by atoms with Gasteiger partial charge in [-0.25, -0.2) is 0 Å². The van der Waals surface area contributed by atoms with Crippen molar-refractivity contribution < 1.29 is 39.1 Å². The molecule has 0 spiro atoms. The second kappa shape index (κ2) is 8.32. The van der Waals surface area contributed by atoms with E-state index in [1.807, 2.05) is 0 Å². The Morgan fingerprint density at radius 1 is 0.800 bits per heavy atom. The maximum absolute atomic E-state index is 13.3. The van der Waals surface area contributed by atoms with Crippen LogP contribution in [0.2, 0.25) is 0 Å². The Morgan fingerprint density at radius 3 is 2.00 bits per heavy atom. The number of hydrogen-bond acceptors (Lipinski definition) is 9. The highest BCUT2D eigenvalue weighted by atomic mass is 16.5. The van der Waals surface area contributed by atoms with Crippen LogP contribution >= 0.6 is 0 Å². The molecule has 3 aromatic rings. The summed E-state index contributed by atoms with van der Waals surface area (Å²) in [5.41, 5.74) is -0.713. The van der Waals surface area contributed by atoms with E-state index in [9.17, 15) is 25.2 Å². The van der Waals surface area contributed by atoms with Crippen molar-refractivity contribution in [1.82, 2.24) is 0 Å². The number of benzene rings is 2. The van der Waals surface area contributed by atoms with Gasteiger partial charge in [-0.05, 0) is 39.0 Å². The van der Waals surface area contributed by atoms with E-state index >= 15 is 0 Å². The highest BCUT2D eigenvalue weighted by molar-refractivity contribution is 5.96. The lowest BCUT2D eigenvalue weighted by atomic mass is 10.1. The topological polar surface area (TPSA) is 139 Å². The molecule has 0 saturated heterocycles. The molecule has 0 radical (unpaired) electrons. The first-order valence-electron chi connectivity index (χ1n) is 9.34. The Balaban J connectivity index is 2.48. The summed E-state index contributed by atoms with van der Waals surface area (Å²) in [5.74, 6) is -2.70. The van der Waals surface area contributed by atoms with E-state index in [2.05, 4.69) is 0 Å². The molecule has 0 aliphatic carbocycles. The standard InChI is InChI=1S/C21H22O9/c1-4-27-19-14(24)13-15(25)20(28-5-2)17(10-7-8-11(22)12(23)9-10)30-18(13)21(16(19)26)29-6-3/h7-9,22-24,26H,4-6H2,1-3H3. The Hall–Kier alpha value is -3.75. The Kier molecular flexibility index (Phi) is 5.81. The average Bonchev–Trinajstić information content (AvgIpc) is 2.72. The van der Waals surface area contributed by atoms with Crippen LogP contribution in [-0.4, -0.2) is 40.2 Å². The maximum Gasteiger partial charge on any atom is 0.239 e. The van der Waals surface area contributed by atoms with E-state index in [0.717, 1.165) is 0 Å². The van der Waals surface area contributed by atoms with E-state index in [1.54, 1.807) is 20.8 Å². The van der Waals surface area contributed by atoms with Crippen LogP contribution in [0.5, 0.6) is 40.2 Å². The second-order valence-corrected chi connectivity index (χ2v) is 6.15. The van der Waals surface area contributed by atoms with Crippen molar-refractivity contribution in [2.24, 2.45) is 0 Å². The highest BCUT2D eigenvalue weighted by Crippen LogP contribution is 2.50. The van der Waals surface area contributed by atoms with Gasteiger partial charge in [0.1, 0.15) is 5.39 Å². The maximum atomic E-state index is 13.3. The lowest BCUT2D eigenvalue weighted by Gasteiger charge is -2.17. The zero-order valence-electron chi connectivity index (χ0n) is 16.7. The molecule has 1 heterocycles. The zero-order valence-corrected chi connectivity index (χ0v) is 16.7. The minimum Gasteiger partial charge on any atom is -0.504 e. The van der Waals surface area contributed by atoms with E-state index in [1.165, 1.54) is 18.2 Å². The largest absolute Gasteiger partial charge is 0.504 e. The summed E-state index contributed by atoms with van der Waals surface area (Å²) in [6.45, 7) is 5.35. The third-order valence-electron chi connectivity index (χ3n) is 4.26. The number of rotatable bonds is 7. The van der Waals surface area contributed by atoms with E-state index in [4.69, 9.17) is 18.6 Å². The Labute approximate surface area is 171 Å². The highest BCUT2D eigenvalue weighted by Gasteiger charge is 2.29. The molecule has 0 atom stereocenters. The third kappa shape index (κ3) is 3.38. The van der Waals surface area contributed by atoms with Crippen molar-refractivity contribution in [2.45, 2.75) is 20.8 Å². The number of fused-ring (bicyclic) bond motifs is 1. The fourth-order valence-corrected chi connectivity index (χ4v) is 3.02. The van der Waals surface area contributed by atoms with Gasteiger partial charge in [-0.2, -0.15) is 0 Å². The fourth-order valence-electron chi connectivity index (χ4n) is 3.02. The van der Waals surface area contributed by atoms with Crippen LogP contribution in [0, 0.1) is 0 Å². The molecule has 9 nitrogen and oxygen atoms in total. The van der Waals surface area contributed by atoms with Crippen LogP contribution in [0.4, 0.5) is 0 Å². The summed E-state index contributed by atoms with van der Waals surface area (Å²) in [6.07, 6.45) is 0. The average molecular weight is 418 g/mol. The number of aromatic hydroxyl groups is 4. The summed E-state index contributed by atoms with van der Waals surface area (Å²) >= 11 is 0. The Morgan fingerprint density at radius 2 is 1.40 bits per heavy atom. The molecular formula is C21H22O9. The molecule has 0 amide bonds. The van der Waals surface area contributed by atoms with Gasteiger partial charge in [-0.1, -0.05) is 0 Å². The van der Waals surface area contributed by atoms with Crippen molar-refractivity contribution in [2.75, 3.05) is 19.8 Å². The van der Waals surface area contributed by atoms with Gasteiger partial charge in [0, 0.05) is 5.56 Å². The predicted molar refractivity (Wildman–Crippen MR) is 108 cm³/mol.